The standard InChI is InChI=1S/C12H12BrClN2OS/c1-7-9(13)3-4-10(17-2)11(7)15-5-8-6-16-12(14)18-8/h3-4,6,15H,5H2,1-2H3. The summed E-state index contributed by atoms with van der Waals surface area (Å²) >= 11 is 10.8. The van der Waals surface area contributed by atoms with E-state index in [4.69, 9.17) is 16.3 Å². The molecule has 0 saturated carbocycles. The number of hydrogen-bond donors (Lipinski definition) is 1. The molecule has 18 heavy (non-hydrogen) atoms. The summed E-state index contributed by atoms with van der Waals surface area (Å²) in [4.78, 5) is 5.10. The minimum Gasteiger partial charge on any atom is -0.495 e. The van der Waals surface area contributed by atoms with Crippen LogP contribution in [0.2, 0.25) is 4.47 Å². The third kappa shape index (κ3) is 2.96. The van der Waals surface area contributed by atoms with Crippen LogP contribution in [0.3, 0.4) is 0 Å². The quantitative estimate of drug-likeness (QED) is 0.885. The predicted octanol–water partition coefficient (Wildman–Crippen LogP) is 4.49. The van der Waals surface area contributed by atoms with Crippen molar-refractivity contribution in [2.45, 2.75) is 13.5 Å². The number of halogens is 2. The van der Waals surface area contributed by atoms with Crippen LogP contribution in [0, 0.1) is 6.92 Å². The Hall–Kier alpha value is -0.780. The Bertz CT molecular complexity index is 559. The summed E-state index contributed by atoms with van der Waals surface area (Å²) in [6.07, 6.45) is 1.78. The van der Waals surface area contributed by atoms with Gasteiger partial charge in [-0.05, 0) is 24.6 Å². The van der Waals surface area contributed by atoms with Crippen molar-refractivity contribution in [3.8, 4) is 5.75 Å². The zero-order valence-corrected chi connectivity index (χ0v) is 13.1. The predicted molar refractivity (Wildman–Crippen MR) is 79.9 cm³/mol. The van der Waals surface area contributed by atoms with Crippen molar-refractivity contribution < 1.29 is 4.74 Å². The van der Waals surface area contributed by atoms with E-state index in [1.807, 2.05) is 19.1 Å². The topological polar surface area (TPSA) is 34.1 Å². The average Bonchev–Trinajstić information content (AvgIpc) is 2.77. The van der Waals surface area contributed by atoms with Crippen LogP contribution in [0.1, 0.15) is 10.4 Å². The second-order valence-electron chi connectivity index (χ2n) is 3.68. The van der Waals surface area contributed by atoms with Crippen molar-refractivity contribution in [2.75, 3.05) is 12.4 Å². The third-order valence-electron chi connectivity index (χ3n) is 2.55. The zero-order chi connectivity index (χ0) is 13.1. The molecule has 0 fully saturated rings. The molecule has 0 aliphatic carbocycles. The van der Waals surface area contributed by atoms with E-state index in [0.717, 1.165) is 26.4 Å². The number of benzene rings is 1. The van der Waals surface area contributed by atoms with E-state index >= 15 is 0 Å². The highest BCUT2D eigenvalue weighted by Gasteiger charge is 2.09. The summed E-state index contributed by atoms with van der Waals surface area (Å²) < 4.78 is 6.96. The van der Waals surface area contributed by atoms with Gasteiger partial charge in [0.05, 0.1) is 19.3 Å². The molecule has 0 bridgehead atoms. The number of nitrogens with zero attached hydrogens (tertiary/aromatic N) is 1. The minimum atomic E-state index is 0.560. The van der Waals surface area contributed by atoms with Crippen molar-refractivity contribution in [1.29, 1.82) is 0 Å². The van der Waals surface area contributed by atoms with Crippen molar-refractivity contribution in [2.24, 2.45) is 0 Å². The smallest absolute Gasteiger partial charge is 0.183 e. The molecule has 0 saturated heterocycles. The van der Waals surface area contributed by atoms with Gasteiger partial charge in [-0.2, -0.15) is 0 Å². The summed E-state index contributed by atoms with van der Waals surface area (Å²) in [5.74, 6) is 0.825. The lowest BCUT2D eigenvalue weighted by Crippen LogP contribution is -2.02. The summed E-state index contributed by atoms with van der Waals surface area (Å²) in [5.41, 5.74) is 2.10. The van der Waals surface area contributed by atoms with Gasteiger partial charge in [0.2, 0.25) is 0 Å². The van der Waals surface area contributed by atoms with Gasteiger partial charge in [0.1, 0.15) is 5.75 Å². The summed E-state index contributed by atoms with van der Waals surface area (Å²) in [6.45, 7) is 2.71. The molecule has 0 aliphatic rings. The number of thiazole rings is 1. The molecule has 96 valence electrons. The first-order valence-electron chi connectivity index (χ1n) is 5.29. The molecule has 1 N–H and O–H groups in total. The lowest BCUT2D eigenvalue weighted by atomic mass is 10.2. The first-order valence-corrected chi connectivity index (χ1v) is 7.27. The van der Waals surface area contributed by atoms with Gasteiger partial charge in [0.25, 0.3) is 0 Å². The number of ether oxygens (including phenoxy) is 1. The maximum absolute atomic E-state index is 5.80. The molecular formula is C12H12BrClN2OS. The molecule has 0 atom stereocenters. The monoisotopic (exact) mass is 346 g/mol. The Morgan fingerprint density at radius 2 is 2.28 bits per heavy atom. The Morgan fingerprint density at radius 1 is 1.50 bits per heavy atom. The molecule has 2 aromatic rings. The number of methoxy groups -OCH3 is 1. The van der Waals surface area contributed by atoms with Crippen LogP contribution >= 0.6 is 38.9 Å². The van der Waals surface area contributed by atoms with Gasteiger partial charge >= 0.3 is 0 Å². The molecule has 0 aliphatic heterocycles. The van der Waals surface area contributed by atoms with Crippen LogP contribution in [0.4, 0.5) is 5.69 Å². The lowest BCUT2D eigenvalue weighted by molar-refractivity contribution is 0.416. The number of aromatic nitrogens is 1. The fourth-order valence-corrected chi connectivity index (χ4v) is 2.84. The van der Waals surface area contributed by atoms with Crippen LogP contribution in [0.15, 0.2) is 22.8 Å². The van der Waals surface area contributed by atoms with Gasteiger partial charge in [-0.1, -0.05) is 27.5 Å². The highest BCUT2D eigenvalue weighted by Crippen LogP contribution is 2.33. The summed E-state index contributed by atoms with van der Waals surface area (Å²) in [7, 11) is 1.66. The number of rotatable bonds is 4. The van der Waals surface area contributed by atoms with Crippen LogP contribution in [0.25, 0.3) is 0 Å². The second-order valence-corrected chi connectivity index (χ2v) is 6.23. The summed E-state index contributed by atoms with van der Waals surface area (Å²) in [5, 5.41) is 3.36. The second kappa shape index (κ2) is 5.91. The summed E-state index contributed by atoms with van der Waals surface area (Å²) in [6, 6.07) is 3.90. The van der Waals surface area contributed by atoms with Crippen LogP contribution < -0.4 is 10.1 Å². The zero-order valence-electron chi connectivity index (χ0n) is 9.96. The fourth-order valence-electron chi connectivity index (χ4n) is 1.59. The maximum Gasteiger partial charge on any atom is 0.183 e. The lowest BCUT2D eigenvalue weighted by Gasteiger charge is -2.14. The van der Waals surface area contributed by atoms with E-state index in [1.54, 1.807) is 13.3 Å². The molecule has 1 heterocycles. The van der Waals surface area contributed by atoms with Crippen molar-refractivity contribution in [1.82, 2.24) is 4.98 Å². The fraction of sp³-hybridized carbons (Fsp3) is 0.250. The highest BCUT2D eigenvalue weighted by atomic mass is 79.9. The van der Waals surface area contributed by atoms with Gasteiger partial charge < -0.3 is 10.1 Å². The third-order valence-corrected chi connectivity index (χ3v) is 4.52. The SMILES string of the molecule is COc1ccc(Br)c(C)c1NCc1cnc(Cl)s1. The van der Waals surface area contributed by atoms with E-state index in [1.165, 1.54) is 11.3 Å². The van der Waals surface area contributed by atoms with Gasteiger partial charge in [-0.15, -0.1) is 11.3 Å². The van der Waals surface area contributed by atoms with Gasteiger partial charge in [0, 0.05) is 15.5 Å². The molecule has 3 nitrogen and oxygen atoms in total. The normalized spacial score (nSPS) is 10.4. The molecular weight excluding hydrogens is 336 g/mol. The van der Waals surface area contributed by atoms with Crippen LogP contribution in [-0.2, 0) is 6.54 Å². The molecule has 2 rings (SSSR count). The van der Waals surface area contributed by atoms with E-state index < -0.39 is 0 Å². The Labute approximate surface area is 123 Å². The van der Waals surface area contributed by atoms with Gasteiger partial charge in [-0.25, -0.2) is 4.98 Å². The molecule has 0 unspecified atom stereocenters. The van der Waals surface area contributed by atoms with E-state index in [9.17, 15) is 0 Å². The molecule has 6 heteroatoms. The van der Waals surface area contributed by atoms with Crippen LogP contribution in [-0.4, -0.2) is 12.1 Å². The molecule has 1 aromatic carbocycles. The molecule has 0 radical (unpaired) electrons. The number of hydrogen-bond acceptors (Lipinski definition) is 4. The van der Waals surface area contributed by atoms with E-state index in [0.29, 0.717) is 11.0 Å². The van der Waals surface area contributed by atoms with Gasteiger partial charge in [-0.3, -0.25) is 0 Å². The van der Waals surface area contributed by atoms with Crippen molar-refractivity contribution >= 4 is 44.6 Å². The first-order chi connectivity index (χ1) is 8.61. The first kappa shape index (κ1) is 13.6. The molecule has 0 amide bonds. The molecule has 1 aromatic heterocycles. The maximum atomic E-state index is 5.80. The van der Waals surface area contributed by atoms with Gasteiger partial charge in [0.15, 0.2) is 4.47 Å². The highest BCUT2D eigenvalue weighted by molar-refractivity contribution is 9.10. The Kier molecular flexibility index (Phi) is 4.48. The largest absolute Gasteiger partial charge is 0.495 e. The number of nitrogens with one attached hydrogen (secondary N) is 1. The minimum absolute atomic E-state index is 0.560. The van der Waals surface area contributed by atoms with Crippen molar-refractivity contribution in [3.63, 3.8) is 0 Å². The Morgan fingerprint density at radius 3 is 2.89 bits per heavy atom. The Balaban J connectivity index is 2.20. The molecule has 0 spiro atoms. The van der Waals surface area contributed by atoms with E-state index in [-0.39, 0.29) is 0 Å². The van der Waals surface area contributed by atoms with Crippen molar-refractivity contribution in [3.05, 3.63) is 37.7 Å². The van der Waals surface area contributed by atoms with Crippen LogP contribution in [0.5, 0.6) is 5.75 Å². The average molecular weight is 348 g/mol. The number of anilines is 1. The van der Waals surface area contributed by atoms with E-state index in [2.05, 4.69) is 26.2 Å².